The van der Waals surface area contributed by atoms with Gasteiger partial charge in [-0.15, -0.1) is 0 Å². The van der Waals surface area contributed by atoms with E-state index in [0.29, 0.717) is 5.92 Å². The van der Waals surface area contributed by atoms with E-state index in [0.717, 1.165) is 5.71 Å². The van der Waals surface area contributed by atoms with Crippen LogP contribution in [0, 0.1) is 5.92 Å². The van der Waals surface area contributed by atoms with Crippen molar-refractivity contribution in [1.82, 2.24) is 0 Å². The summed E-state index contributed by atoms with van der Waals surface area (Å²) in [5, 5.41) is 8.87. The highest BCUT2D eigenvalue weighted by atomic mass is 16.3. The first-order valence-corrected chi connectivity index (χ1v) is 4.05. The molecule has 0 rings (SSSR count). The predicted molar refractivity (Wildman–Crippen MR) is 53.5 cm³/mol. The quantitative estimate of drug-likeness (QED) is 0.508. The van der Waals surface area contributed by atoms with Crippen LogP contribution in [0.15, 0.2) is 29.1 Å². The molecule has 0 spiro atoms. The number of nitrogens with zero attached hydrogens (tertiary/aromatic N) is 1. The standard InChI is InChI=1S/C10H17NO/c1-7(2)6-10(8(3)4)11-9(5)12/h6,8,12H,5H2,1-4H3/b11-10+. The molecule has 0 heterocycles. The molecule has 0 aromatic carbocycles. The second-order valence-electron chi connectivity index (χ2n) is 3.33. The van der Waals surface area contributed by atoms with Crippen molar-refractivity contribution >= 4 is 5.71 Å². The third-order valence-electron chi connectivity index (χ3n) is 1.29. The van der Waals surface area contributed by atoms with Gasteiger partial charge in [0.15, 0.2) is 0 Å². The fourth-order valence-corrected chi connectivity index (χ4v) is 0.773. The lowest BCUT2D eigenvalue weighted by Gasteiger charge is -2.05. The molecular formula is C10H17NO. The number of hydrogen-bond acceptors (Lipinski definition) is 2. The fraction of sp³-hybridized carbons (Fsp3) is 0.500. The van der Waals surface area contributed by atoms with Crippen LogP contribution in [0.3, 0.4) is 0 Å². The first-order valence-electron chi connectivity index (χ1n) is 4.05. The zero-order valence-corrected chi connectivity index (χ0v) is 8.26. The third-order valence-corrected chi connectivity index (χ3v) is 1.29. The second kappa shape index (κ2) is 4.75. The van der Waals surface area contributed by atoms with E-state index in [4.69, 9.17) is 5.11 Å². The highest BCUT2D eigenvalue weighted by molar-refractivity contribution is 5.97. The average molecular weight is 167 g/mol. The summed E-state index contributed by atoms with van der Waals surface area (Å²) < 4.78 is 0. The fourth-order valence-electron chi connectivity index (χ4n) is 0.773. The van der Waals surface area contributed by atoms with Gasteiger partial charge < -0.3 is 5.11 Å². The van der Waals surface area contributed by atoms with Crippen LogP contribution >= 0.6 is 0 Å². The zero-order valence-electron chi connectivity index (χ0n) is 8.26. The normalized spacial score (nSPS) is 11.6. The number of aliphatic hydroxyl groups excluding tert-OH is 1. The maximum atomic E-state index is 8.87. The van der Waals surface area contributed by atoms with E-state index in [1.165, 1.54) is 5.57 Å². The van der Waals surface area contributed by atoms with Gasteiger partial charge in [-0.05, 0) is 32.4 Å². The van der Waals surface area contributed by atoms with E-state index in [1.807, 2.05) is 33.8 Å². The summed E-state index contributed by atoms with van der Waals surface area (Å²) in [7, 11) is 0. The monoisotopic (exact) mass is 167 g/mol. The molecule has 12 heavy (non-hydrogen) atoms. The maximum absolute atomic E-state index is 8.87. The summed E-state index contributed by atoms with van der Waals surface area (Å²) in [5.74, 6) is 0.181. The Morgan fingerprint density at radius 3 is 2.17 bits per heavy atom. The van der Waals surface area contributed by atoms with Crippen molar-refractivity contribution in [2.24, 2.45) is 10.9 Å². The molecule has 0 aliphatic carbocycles. The Hall–Kier alpha value is -1.05. The van der Waals surface area contributed by atoms with Gasteiger partial charge >= 0.3 is 0 Å². The van der Waals surface area contributed by atoms with Crippen LogP contribution in [0.1, 0.15) is 27.7 Å². The molecule has 0 amide bonds. The summed E-state index contributed by atoms with van der Waals surface area (Å²) in [5.41, 5.74) is 2.03. The Morgan fingerprint density at radius 1 is 1.42 bits per heavy atom. The van der Waals surface area contributed by atoms with E-state index in [-0.39, 0.29) is 5.88 Å². The van der Waals surface area contributed by atoms with Gasteiger partial charge in [0.25, 0.3) is 0 Å². The Morgan fingerprint density at radius 2 is 1.92 bits per heavy atom. The highest BCUT2D eigenvalue weighted by Gasteiger charge is 2.01. The van der Waals surface area contributed by atoms with Crippen LogP contribution in [0.5, 0.6) is 0 Å². The van der Waals surface area contributed by atoms with Crippen molar-refractivity contribution in [3.63, 3.8) is 0 Å². The molecule has 0 aromatic heterocycles. The van der Waals surface area contributed by atoms with Crippen molar-refractivity contribution < 1.29 is 5.11 Å². The molecule has 0 unspecified atom stereocenters. The van der Waals surface area contributed by atoms with Crippen molar-refractivity contribution in [3.05, 3.63) is 24.1 Å². The van der Waals surface area contributed by atoms with Gasteiger partial charge in [-0.25, -0.2) is 4.99 Å². The van der Waals surface area contributed by atoms with Crippen molar-refractivity contribution in [3.8, 4) is 0 Å². The van der Waals surface area contributed by atoms with Gasteiger partial charge in [-0.1, -0.05) is 19.4 Å². The lowest BCUT2D eigenvalue weighted by molar-refractivity contribution is 0.409. The van der Waals surface area contributed by atoms with Crippen LogP contribution in [0.4, 0.5) is 0 Å². The van der Waals surface area contributed by atoms with Crippen LogP contribution in [0.25, 0.3) is 0 Å². The topological polar surface area (TPSA) is 32.6 Å². The van der Waals surface area contributed by atoms with Gasteiger partial charge in [0, 0.05) is 5.71 Å². The molecule has 2 heteroatoms. The van der Waals surface area contributed by atoms with E-state index in [9.17, 15) is 0 Å². The number of hydrogen-bond donors (Lipinski definition) is 1. The van der Waals surface area contributed by atoms with Crippen molar-refractivity contribution in [2.75, 3.05) is 0 Å². The van der Waals surface area contributed by atoms with Gasteiger partial charge in [0.05, 0.1) is 0 Å². The maximum Gasteiger partial charge on any atom is 0.203 e. The lowest BCUT2D eigenvalue weighted by Crippen LogP contribution is -2.04. The molecule has 0 saturated carbocycles. The predicted octanol–water partition coefficient (Wildman–Crippen LogP) is 3.08. The second-order valence-corrected chi connectivity index (χ2v) is 3.33. The minimum Gasteiger partial charge on any atom is -0.494 e. The molecule has 1 N–H and O–H groups in total. The molecule has 0 aliphatic rings. The summed E-state index contributed by atoms with van der Waals surface area (Å²) in [6.07, 6.45) is 1.95. The molecule has 2 nitrogen and oxygen atoms in total. The first kappa shape index (κ1) is 11.0. The highest BCUT2D eigenvalue weighted by Crippen LogP contribution is 2.04. The molecular weight excluding hydrogens is 150 g/mol. The average Bonchev–Trinajstić information content (AvgIpc) is 1.83. The Labute approximate surface area is 74.3 Å². The smallest absolute Gasteiger partial charge is 0.203 e. The van der Waals surface area contributed by atoms with Gasteiger partial charge in [-0.2, -0.15) is 0 Å². The number of aliphatic hydroxyl groups is 1. The lowest BCUT2D eigenvalue weighted by atomic mass is 10.1. The molecule has 0 saturated heterocycles. The van der Waals surface area contributed by atoms with Gasteiger partial charge in [-0.3, -0.25) is 0 Å². The Balaban J connectivity index is 4.68. The van der Waals surface area contributed by atoms with Crippen LogP contribution in [-0.4, -0.2) is 10.8 Å². The van der Waals surface area contributed by atoms with Crippen LogP contribution in [0.2, 0.25) is 0 Å². The van der Waals surface area contributed by atoms with Gasteiger partial charge in [0.2, 0.25) is 5.88 Å². The number of allylic oxidation sites excluding steroid dienone is 2. The summed E-state index contributed by atoms with van der Waals surface area (Å²) in [4.78, 5) is 3.92. The summed E-state index contributed by atoms with van der Waals surface area (Å²) >= 11 is 0. The first-order chi connectivity index (χ1) is 5.43. The molecule has 0 fully saturated rings. The van der Waals surface area contributed by atoms with Gasteiger partial charge in [0.1, 0.15) is 0 Å². The van der Waals surface area contributed by atoms with Crippen LogP contribution in [-0.2, 0) is 0 Å². The molecule has 0 aliphatic heterocycles. The molecule has 0 aromatic rings. The summed E-state index contributed by atoms with van der Waals surface area (Å²) in [6.45, 7) is 11.4. The van der Waals surface area contributed by atoms with Crippen LogP contribution < -0.4 is 0 Å². The zero-order chi connectivity index (χ0) is 9.72. The Kier molecular flexibility index (Phi) is 4.34. The minimum atomic E-state index is -0.129. The van der Waals surface area contributed by atoms with Crippen molar-refractivity contribution in [1.29, 1.82) is 0 Å². The van der Waals surface area contributed by atoms with E-state index in [1.54, 1.807) is 0 Å². The molecule has 0 bridgehead atoms. The minimum absolute atomic E-state index is 0.129. The molecule has 0 atom stereocenters. The summed E-state index contributed by atoms with van der Waals surface area (Å²) in [6, 6.07) is 0. The Bertz CT molecular complexity index is 220. The molecule has 68 valence electrons. The largest absolute Gasteiger partial charge is 0.494 e. The van der Waals surface area contributed by atoms with E-state index in [2.05, 4.69) is 11.6 Å². The van der Waals surface area contributed by atoms with Crippen molar-refractivity contribution in [2.45, 2.75) is 27.7 Å². The number of aliphatic imine (C=N–C) groups is 1. The SMILES string of the molecule is C=C(O)/N=C(\C=C(C)C)C(C)C. The van der Waals surface area contributed by atoms with E-state index < -0.39 is 0 Å². The third kappa shape index (κ3) is 4.72. The number of rotatable bonds is 3. The molecule has 0 radical (unpaired) electrons. The van der Waals surface area contributed by atoms with E-state index >= 15 is 0 Å².